The fourth-order valence-corrected chi connectivity index (χ4v) is 12.7. The molecule has 6 rings (SSSR count). The molecule has 70 heavy (non-hydrogen) atoms. The maximum atomic E-state index is 13.7. The van der Waals surface area contributed by atoms with E-state index in [9.17, 15) is 47.8 Å². The van der Waals surface area contributed by atoms with Gasteiger partial charge in [-0.2, -0.15) is 8.62 Å². The fraction of sp³-hybridized carbons (Fsp3) is 0.405. The van der Waals surface area contributed by atoms with Crippen LogP contribution in [0.5, 0.6) is 0 Å². The van der Waals surface area contributed by atoms with Gasteiger partial charge in [-0.3, -0.25) is 28.7 Å². The Morgan fingerprint density at radius 2 is 1.69 bits per heavy atom. The molecule has 1 aromatic heterocycles. The van der Waals surface area contributed by atoms with E-state index in [1.54, 1.807) is 12.1 Å². The van der Waals surface area contributed by atoms with Gasteiger partial charge in [0.15, 0.2) is 0 Å². The minimum absolute atomic E-state index is 0.0716. The van der Waals surface area contributed by atoms with Crippen molar-refractivity contribution in [3.63, 3.8) is 0 Å². The molecule has 1 amide bonds. The molecule has 1 fully saturated rings. The van der Waals surface area contributed by atoms with Gasteiger partial charge >= 0.3 is 35.1 Å². The number of nitrogens with one attached hydrogen (secondary N) is 3. The lowest BCUT2D eigenvalue weighted by Gasteiger charge is -2.25. The molecule has 1 saturated heterocycles. The number of carbonyl (C=O) groups is 2. The van der Waals surface area contributed by atoms with Gasteiger partial charge in [0, 0.05) is 82.5 Å². The molecule has 3 heterocycles. The number of ether oxygens (including phenoxy) is 2. The summed E-state index contributed by atoms with van der Waals surface area (Å²) in [4.78, 5) is 95.4. The van der Waals surface area contributed by atoms with E-state index in [1.807, 2.05) is 65.8 Å². The lowest BCUT2D eigenvalue weighted by atomic mass is 9.88. The molecule has 2 aliphatic heterocycles. The van der Waals surface area contributed by atoms with Gasteiger partial charge in [-0.15, -0.1) is 0 Å². The zero-order chi connectivity index (χ0) is 51.5. The summed E-state index contributed by atoms with van der Waals surface area (Å²) in [5.74, 6) is -1.34. The van der Waals surface area contributed by atoms with Gasteiger partial charge in [0.25, 0.3) is 11.5 Å². The highest BCUT2D eigenvalue weighted by Crippen LogP contribution is 2.66. The molecule has 1 aliphatic carbocycles. The zero-order valence-corrected chi connectivity index (χ0v) is 43.0. The van der Waals surface area contributed by atoms with Crippen molar-refractivity contribution in [2.75, 3.05) is 37.5 Å². The minimum atomic E-state index is -5.82. The van der Waals surface area contributed by atoms with E-state index in [4.69, 9.17) is 28.2 Å². The molecular formula is C42H52N5O18P3S2. The maximum Gasteiger partial charge on any atom is 0.490 e. The van der Waals surface area contributed by atoms with E-state index in [1.165, 1.54) is 40.8 Å². The van der Waals surface area contributed by atoms with Crippen molar-refractivity contribution >= 4 is 73.6 Å². The monoisotopic (exact) mass is 1070 g/mol. The number of fused-ring (bicyclic) bond motifs is 2. The number of hydrogen-bond donors (Lipinski definition) is 8. The average molecular weight is 1070 g/mol. The first kappa shape index (κ1) is 54.9. The van der Waals surface area contributed by atoms with Gasteiger partial charge in [0.05, 0.1) is 23.6 Å². The minimum Gasteiger partial charge on any atom is -0.478 e. The number of aromatic nitrogens is 2. The van der Waals surface area contributed by atoms with E-state index in [-0.39, 0.29) is 35.6 Å². The van der Waals surface area contributed by atoms with E-state index in [0.717, 1.165) is 26.7 Å². The molecule has 3 aromatic rings. The Kier molecular flexibility index (Phi) is 17.4. The number of amides is 1. The number of nitrogens with zero attached hydrogens (tertiary/aromatic N) is 2. The highest BCUT2D eigenvalue weighted by atomic mass is 33.1. The van der Waals surface area contributed by atoms with Crippen LogP contribution >= 0.6 is 45.1 Å². The first-order chi connectivity index (χ1) is 32.7. The highest BCUT2D eigenvalue weighted by molar-refractivity contribution is 8.77. The summed E-state index contributed by atoms with van der Waals surface area (Å²) in [7, 11) is -14.5. The van der Waals surface area contributed by atoms with Gasteiger partial charge in [-0.05, 0) is 89.4 Å². The summed E-state index contributed by atoms with van der Waals surface area (Å²) in [5.41, 5.74) is 3.55. The molecular weight excluding hydrogens is 1020 g/mol. The number of benzene rings is 3. The standard InChI is InChI=1S/C42H52N5O18P3S2/c1-8-43-30-15-32-28(12-22(30)3)37(29-13-23(4)31(44-9-2)16-33(29)62-32)26-11-10-25(14-27(26)40(50)51)39(49)45-20-42(6,7)70-69-21-60-34-17-36(47-18-24(5)38(48)46-41(47)52)63-35(34)19-61-67(56,57)65-68(58,59)64-66(53,54)55/h10-16,18,34-36,43H,8-9,17,19-21H2,1-7H3,(H,45,49)(H,50,51)(H,56,57)(H,58,59)(H,46,48,52)(H2,53,54,55)/b44-31-/t34?,35-,36-/m1/s1. The predicted molar refractivity (Wildman–Crippen MR) is 261 cm³/mol. The Labute approximate surface area is 407 Å². The van der Waals surface area contributed by atoms with Crippen molar-refractivity contribution in [1.82, 2.24) is 14.9 Å². The SMILES string of the molecule is CC/N=c1/cc2oc3cc(NCC)c(C)cc3c(-c3ccc(C(=O)NCC(C)(C)SSCOC4C[C@H](n5cc(C)c(=O)[nH]c5=O)O[C@@H]4COP(=O)(O)OP(=O)(O)OP(=O)(O)O)cc3C(=O)O)c-2cc1C. The third-order valence-corrected chi connectivity index (χ3v) is 17.3. The van der Waals surface area contributed by atoms with Crippen molar-refractivity contribution in [3.8, 4) is 22.5 Å². The molecule has 28 heteroatoms. The molecule has 380 valence electrons. The number of rotatable bonds is 21. The van der Waals surface area contributed by atoms with Crippen molar-refractivity contribution in [2.24, 2.45) is 4.99 Å². The largest absolute Gasteiger partial charge is 0.490 e. The number of phosphoric acid groups is 3. The number of aromatic carboxylic acids is 1. The molecule has 23 nitrogen and oxygen atoms in total. The summed E-state index contributed by atoms with van der Waals surface area (Å²) < 4.78 is 66.5. The molecule has 0 saturated carbocycles. The summed E-state index contributed by atoms with van der Waals surface area (Å²) in [6.45, 7) is 13.4. The fourth-order valence-electron chi connectivity index (χ4n) is 7.47. The number of phosphoric ester groups is 1. The number of carboxylic acid groups (broad SMARTS) is 1. The first-order valence-corrected chi connectivity index (χ1v) is 28.1. The Bertz CT molecular complexity index is 3120. The van der Waals surface area contributed by atoms with Crippen LogP contribution in [0.4, 0.5) is 5.69 Å². The smallest absolute Gasteiger partial charge is 0.478 e. The Morgan fingerprint density at radius 1 is 0.957 bits per heavy atom. The molecule has 0 radical (unpaired) electrons. The third-order valence-electron chi connectivity index (χ3n) is 10.6. The lowest BCUT2D eigenvalue weighted by Crippen LogP contribution is -2.36. The summed E-state index contributed by atoms with van der Waals surface area (Å²) >= 11 is 0. The van der Waals surface area contributed by atoms with Crippen LogP contribution in [0.15, 0.2) is 67.7 Å². The number of carboxylic acids is 1. The number of aromatic amines is 1. The predicted octanol–water partition coefficient (Wildman–Crippen LogP) is 6.59. The van der Waals surface area contributed by atoms with Gasteiger partial charge in [0.2, 0.25) is 0 Å². The second kappa shape index (κ2) is 22.1. The zero-order valence-electron chi connectivity index (χ0n) is 38.7. The number of H-pyrrole nitrogens is 1. The first-order valence-electron chi connectivity index (χ1n) is 21.3. The van der Waals surface area contributed by atoms with Crippen LogP contribution in [-0.2, 0) is 36.3 Å². The molecule has 8 N–H and O–H groups in total. The van der Waals surface area contributed by atoms with E-state index in [0.29, 0.717) is 46.5 Å². The molecule has 3 aliphatic rings. The van der Waals surface area contributed by atoms with Crippen LogP contribution in [-0.4, -0.2) is 95.2 Å². The second-order valence-corrected chi connectivity index (χ2v) is 23.9. The Hall–Kier alpha value is -4.42. The topological polar surface area (TPSA) is 337 Å². The van der Waals surface area contributed by atoms with Gasteiger partial charge in [-0.1, -0.05) is 27.7 Å². The quantitative estimate of drug-likeness (QED) is 0.0126. The van der Waals surface area contributed by atoms with Crippen molar-refractivity contribution < 1.29 is 75.0 Å². The van der Waals surface area contributed by atoms with Crippen LogP contribution < -0.4 is 27.2 Å². The summed E-state index contributed by atoms with van der Waals surface area (Å²) in [6.07, 6.45) is -2.20. The number of hydrogen-bond acceptors (Lipinski definition) is 17. The normalized spacial score (nSPS) is 18.5. The van der Waals surface area contributed by atoms with E-state index in [2.05, 4.69) is 29.2 Å². The number of anilines is 1. The summed E-state index contributed by atoms with van der Waals surface area (Å²) in [5, 5.41) is 18.3. The van der Waals surface area contributed by atoms with Gasteiger partial charge < -0.3 is 49.2 Å². The maximum absolute atomic E-state index is 13.7. The molecule has 0 bridgehead atoms. The van der Waals surface area contributed by atoms with Crippen LogP contribution in [0.25, 0.3) is 33.4 Å². The van der Waals surface area contributed by atoms with Crippen molar-refractivity contribution in [2.45, 2.75) is 78.1 Å². The van der Waals surface area contributed by atoms with Crippen LogP contribution in [0.1, 0.15) is 77.8 Å². The molecule has 2 aromatic carbocycles. The Balaban J connectivity index is 1.15. The Morgan fingerprint density at radius 3 is 2.36 bits per heavy atom. The molecule has 5 atom stereocenters. The van der Waals surface area contributed by atoms with Crippen LogP contribution in [0, 0.1) is 20.8 Å². The van der Waals surface area contributed by atoms with Gasteiger partial charge in [-0.25, -0.2) is 23.3 Å². The molecule has 3 unspecified atom stereocenters. The highest BCUT2D eigenvalue weighted by Gasteiger charge is 2.44. The van der Waals surface area contributed by atoms with Crippen molar-refractivity contribution in [3.05, 3.63) is 103 Å². The van der Waals surface area contributed by atoms with Crippen molar-refractivity contribution in [1.29, 1.82) is 0 Å². The second-order valence-electron chi connectivity index (χ2n) is 16.5. The van der Waals surface area contributed by atoms with E-state index < -0.39 is 76.4 Å². The van der Waals surface area contributed by atoms with Crippen LogP contribution in [0.3, 0.4) is 0 Å². The van der Waals surface area contributed by atoms with Gasteiger partial charge in [0.1, 0.15) is 29.6 Å². The third kappa shape index (κ3) is 13.7. The molecule has 0 spiro atoms. The van der Waals surface area contributed by atoms with Crippen LogP contribution in [0.2, 0.25) is 0 Å². The number of aryl methyl sites for hydroxylation is 3. The number of carbonyl (C=O) groups excluding carboxylic acids is 1. The average Bonchev–Trinajstić information content (AvgIpc) is 3.66. The lowest BCUT2D eigenvalue weighted by molar-refractivity contribution is -0.0543. The van der Waals surface area contributed by atoms with E-state index >= 15 is 0 Å². The summed E-state index contributed by atoms with van der Waals surface area (Å²) in [6, 6.07) is 12.1.